The molecule has 9 heavy (non-hydrogen) atoms. The molecule has 0 aromatic heterocycles. The third-order valence-electron chi connectivity index (χ3n) is 1.06. The summed E-state index contributed by atoms with van der Waals surface area (Å²) in [7, 11) is 1.50. The molecule has 1 rings (SSSR count). The zero-order valence-electron chi connectivity index (χ0n) is 5.07. The van der Waals surface area contributed by atoms with E-state index in [1.165, 1.54) is 7.11 Å². The smallest absolute Gasteiger partial charge is 0.217 e. The number of carbonyl (C=O) groups excluding carboxylic acids is 1. The molecule has 2 atom stereocenters. The van der Waals surface area contributed by atoms with Crippen LogP contribution >= 0.6 is 0 Å². The third-order valence-corrected chi connectivity index (χ3v) is 1.06. The van der Waals surface area contributed by atoms with E-state index in [-0.39, 0.29) is 6.29 Å². The molecule has 1 saturated heterocycles. The summed E-state index contributed by atoms with van der Waals surface area (Å²) in [6, 6.07) is 0. The number of ether oxygens (including phenoxy) is 3. The summed E-state index contributed by atoms with van der Waals surface area (Å²) in [5.41, 5.74) is 0. The molecular weight excluding hydrogens is 124 g/mol. The van der Waals surface area contributed by atoms with E-state index in [1.807, 2.05) is 0 Å². The normalized spacial score (nSPS) is 34.8. The Morgan fingerprint density at radius 3 is 2.89 bits per heavy atom. The van der Waals surface area contributed by atoms with Crippen LogP contribution in [0.15, 0.2) is 0 Å². The molecule has 4 heteroatoms. The molecule has 0 amide bonds. The molecule has 1 aliphatic heterocycles. The molecule has 4 nitrogen and oxygen atoms in total. The molecule has 52 valence electrons. The van der Waals surface area contributed by atoms with Crippen molar-refractivity contribution in [2.24, 2.45) is 0 Å². The highest BCUT2D eigenvalue weighted by Gasteiger charge is 2.24. The summed E-state index contributed by atoms with van der Waals surface area (Å²) in [4.78, 5) is 9.96. The topological polar surface area (TPSA) is 44.8 Å². The molecule has 0 spiro atoms. The highest BCUT2D eigenvalue weighted by molar-refractivity contribution is 5.54. The van der Waals surface area contributed by atoms with Crippen LogP contribution in [0.5, 0.6) is 0 Å². The van der Waals surface area contributed by atoms with Crippen molar-refractivity contribution in [1.82, 2.24) is 0 Å². The van der Waals surface area contributed by atoms with Crippen LogP contribution in [0.3, 0.4) is 0 Å². The van der Waals surface area contributed by atoms with Gasteiger partial charge in [-0.05, 0) is 0 Å². The first-order chi connectivity index (χ1) is 4.36. The maximum atomic E-state index is 9.96. The lowest BCUT2D eigenvalue weighted by atomic mass is 10.7. The molecule has 0 bridgehead atoms. The van der Waals surface area contributed by atoms with Crippen molar-refractivity contribution < 1.29 is 19.0 Å². The van der Waals surface area contributed by atoms with Crippen LogP contribution < -0.4 is 0 Å². The van der Waals surface area contributed by atoms with E-state index in [0.29, 0.717) is 12.9 Å². The highest BCUT2D eigenvalue weighted by Crippen LogP contribution is 2.08. The maximum Gasteiger partial charge on any atom is 0.217 e. The Kier molecular flexibility index (Phi) is 2.16. The maximum absolute atomic E-state index is 9.96. The van der Waals surface area contributed by atoms with E-state index in [2.05, 4.69) is 0 Å². The van der Waals surface area contributed by atoms with Crippen molar-refractivity contribution >= 4 is 6.29 Å². The second kappa shape index (κ2) is 2.91. The number of carbonyl (C=O) groups is 1. The SMILES string of the molecule is COC1COC(C=O)O1. The Balaban J connectivity index is 2.28. The van der Waals surface area contributed by atoms with Gasteiger partial charge in [0, 0.05) is 7.11 Å². The standard InChI is InChI=1S/C5H8O4/c1-7-5-3-8-4(2-6)9-5/h2,4-5H,3H2,1H3. The minimum absolute atomic E-state index is 0.333. The quantitative estimate of drug-likeness (QED) is 0.476. The van der Waals surface area contributed by atoms with Crippen LogP contribution in [0.1, 0.15) is 0 Å². The van der Waals surface area contributed by atoms with Gasteiger partial charge in [-0.15, -0.1) is 0 Å². The van der Waals surface area contributed by atoms with E-state index in [0.717, 1.165) is 0 Å². The lowest BCUT2D eigenvalue weighted by Crippen LogP contribution is -2.14. The lowest BCUT2D eigenvalue weighted by Gasteiger charge is -2.02. The predicted octanol–water partition coefficient (Wildman–Crippen LogP) is -0.469. The van der Waals surface area contributed by atoms with Gasteiger partial charge in [0.15, 0.2) is 12.6 Å². The first-order valence-corrected chi connectivity index (χ1v) is 2.62. The van der Waals surface area contributed by atoms with Crippen LogP contribution in [0.4, 0.5) is 0 Å². The van der Waals surface area contributed by atoms with E-state index >= 15 is 0 Å². The number of hydrogen-bond acceptors (Lipinski definition) is 4. The van der Waals surface area contributed by atoms with Gasteiger partial charge in [-0.1, -0.05) is 0 Å². The molecule has 2 unspecified atom stereocenters. The van der Waals surface area contributed by atoms with E-state index < -0.39 is 6.29 Å². The Morgan fingerprint density at radius 1 is 1.78 bits per heavy atom. The molecule has 1 aliphatic rings. The molecule has 0 aromatic carbocycles. The third kappa shape index (κ3) is 1.48. The van der Waals surface area contributed by atoms with Crippen molar-refractivity contribution in [1.29, 1.82) is 0 Å². The minimum Gasteiger partial charge on any atom is -0.353 e. The fraction of sp³-hybridized carbons (Fsp3) is 0.800. The van der Waals surface area contributed by atoms with E-state index in [9.17, 15) is 4.79 Å². The van der Waals surface area contributed by atoms with Crippen molar-refractivity contribution in [3.63, 3.8) is 0 Å². The van der Waals surface area contributed by atoms with Crippen LogP contribution in [0, 0.1) is 0 Å². The summed E-state index contributed by atoms with van der Waals surface area (Å²) >= 11 is 0. The molecule has 0 aromatic rings. The van der Waals surface area contributed by atoms with Gasteiger partial charge in [-0.2, -0.15) is 0 Å². The zero-order chi connectivity index (χ0) is 6.69. The number of methoxy groups -OCH3 is 1. The monoisotopic (exact) mass is 132 g/mol. The average Bonchev–Trinajstić information content (AvgIpc) is 2.34. The van der Waals surface area contributed by atoms with Gasteiger partial charge in [-0.3, -0.25) is 4.79 Å². The number of aldehydes is 1. The highest BCUT2D eigenvalue weighted by atomic mass is 16.8. The van der Waals surface area contributed by atoms with Crippen LogP contribution in [0.25, 0.3) is 0 Å². The number of rotatable bonds is 2. The van der Waals surface area contributed by atoms with Gasteiger partial charge in [-0.25, -0.2) is 0 Å². The summed E-state index contributed by atoms with van der Waals surface area (Å²) in [5, 5.41) is 0. The van der Waals surface area contributed by atoms with Gasteiger partial charge in [0.05, 0.1) is 0 Å². The van der Waals surface area contributed by atoms with Gasteiger partial charge in [0.1, 0.15) is 6.61 Å². The molecule has 1 fully saturated rings. The van der Waals surface area contributed by atoms with Gasteiger partial charge >= 0.3 is 0 Å². The Labute approximate surface area is 52.7 Å². The largest absolute Gasteiger partial charge is 0.353 e. The van der Waals surface area contributed by atoms with Crippen LogP contribution in [-0.2, 0) is 19.0 Å². The molecule has 0 radical (unpaired) electrons. The van der Waals surface area contributed by atoms with Crippen molar-refractivity contribution in [2.45, 2.75) is 12.6 Å². The summed E-state index contributed by atoms with van der Waals surface area (Å²) in [6.45, 7) is 0.333. The Bertz CT molecular complexity index is 103. The fourth-order valence-electron chi connectivity index (χ4n) is 0.597. The molecule has 0 N–H and O–H groups in total. The predicted molar refractivity (Wildman–Crippen MR) is 27.7 cm³/mol. The molecule has 1 heterocycles. The second-order valence-electron chi connectivity index (χ2n) is 1.64. The Morgan fingerprint density at radius 2 is 2.56 bits per heavy atom. The van der Waals surface area contributed by atoms with Crippen LogP contribution in [-0.4, -0.2) is 32.6 Å². The summed E-state index contributed by atoms with van der Waals surface area (Å²) in [5.74, 6) is 0. The van der Waals surface area contributed by atoms with E-state index in [1.54, 1.807) is 0 Å². The first kappa shape index (κ1) is 6.67. The average molecular weight is 132 g/mol. The molecular formula is C5H8O4. The van der Waals surface area contributed by atoms with Gasteiger partial charge < -0.3 is 14.2 Å². The minimum atomic E-state index is -0.727. The van der Waals surface area contributed by atoms with Crippen molar-refractivity contribution in [2.75, 3.05) is 13.7 Å². The zero-order valence-corrected chi connectivity index (χ0v) is 5.07. The first-order valence-electron chi connectivity index (χ1n) is 2.62. The Hall–Kier alpha value is -0.450. The van der Waals surface area contributed by atoms with Crippen molar-refractivity contribution in [3.8, 4) is 0 Å². The fourth-order valence-corrected chi connectivity index (χ4v) is 0.597. The molecule has 0 saturated carbocycles. The van der Waals surface area contributed by atoms with Gasteiger partial charge in [0.2, 0.25) is 6.29 Å². The van der Waals surface area contributed by atoms with E-state index in [4.69, 9.17) is 14.2 Å². The lowest BCUT2D eigenvalue weighted by molar-refractivity contribution is -0.148. The summed E-state index contributed by atoms with van der Waals surface area (Å²) in [6.07, 6.45) is -0.505. The summed E-state index contributed by atoms with van der Waals surface area (Å²) < 4.78 is 14.4. The second-order valence-corrected chi connectivity index (χ2v) is 1.64. The van der Waals surface area contributed by atoms with Crippen LogP contribution in [0.2, 0.25) is 0 Å². The van der Waals surface area contributed by atoms with Crippen molar-refractivity contribution in [3.05, 3.63) is 0 Å². The number of hydrogen-bond donors (Lipinski definition) is 0. The molecule has 0 aliphatic carbocycles. The van der Waals surface area contributed by atoms with Gasteiger partial charge in [0.25, 0.3) is 0 Å².